The molecule has 0 spiro atoms. The maximum Gasteiger partial charge on any atom is 0.338 e. The number of nitrogens with zero attached hydrogens (tertiary/aromatic N) is 2. The van der Waals surface area contributed by atoms with E-state index < -0.39 is 5.91 Å². The van der Waals surface area contributed by atoms with Gasteiger partial charge in [0.1, 0.15) is 11.5 Å². The largest absolute Gasteiger partial charge is 0.462 e. The Morgan fingerprint density at radius 2 is 1.82 bits per heavy atom. The lowest BCUT2D eigenvalue weighted by molar-refractivity contribution is 0.0526. The summed E-state index contributed by atoms with van der Waals surface area (Å²) >= 11 is 1.33. The zero-order valence-electron chi connectivity index (χ0n) is 18.1. The summed E-state index contributed by atoms with van der Waals surface area (Å²) in [5.41, 5.74) is 1.67. The molecule has 33 heavy (non-hydrogen) atoms. The van der Waals surface area contributed by atoms with E-state index in [1.807, 2.05) is 47.0 Å². The van der Waals surface area contributed by atoms with Crippen molar-refractivity contribution in [2.24, 2.45) is 4.99 Å². The van der Waals surface area contributed by atoms with Gasteiger partial charge in [0.15, 0.2) is 4.80 Å². The zero-order chi connectivity index (χ0) is 23.2. The highest BCUT2D eigenvalue weighted by Crippen LogP contribution is 2.26. The van der Waals surface area contributed by atoms with Crippen molar-refractivity contribution in [1.82, 2.24) is 4.57 Å². The van der Waals surface area contributed by atoms with E-state index in [0.717, 1.165) is 10.2 Å². The molecule has 0 bridgehead atoms. The number of fused-ring (bicyclic) bond motifs is 1. The normalized spacial score (nSPS) is 11.4. The molecule has 0 unspecified atom stereocenters. The number of benzene rings is 3. The molecule has 0 atom stereocenters. The molecular formula is C26H22N2O4S. The summed E-state index contributed by atoms with van der Waals surface area (Å²) in [5, 5.41) is 0. The number of ether oxygens (including phenoxy) is 2. The van der Waals surface area contributed by atoms with Crippen LogP contribution in [-0.2, 0) is 11.3 Å². The Kier molecular flexibility index (Phi) is 6.80. The van der Waals surface area contributed by atoms with E-state index in [-0.39, 0.29) is 5.97 Å². The van der Waals surface area contributed by atoms with E-state index in [0.29, 0.717) is 40.6 Å². The van der Waals surface area contributed by atoms with Gasteiger partial charge in [0, 0.05) is 6.54 Å². The highest BCUT2D eigenvalue weighted by atomic mass is 32.1. The van der Waals surface area contributed by atoms with Crippen molar-refractivity contribution in [2.75, 3.05) is 6.61 Å². The molecule has 0 N–H and O–H groups in total. The van der Waals surface area contributed by atoms with Gasteiger partial charge < -0.3 is 14.0 Å². The Morgan fingerprint density at radius 1 is 1.06 bits per heavy atom. The maximum atomic E-state index is 13.2. The third kappa shape index (κ3) is 4.94. The first-order chi connectivity index (χ1) is 16.1. The van der Waals surface area contributed by atoms with Gasteiger partial charge in [-0.05, 0) is 49.4 Å². The summed E-state index contributed by atoms with van der Waals surface area (Å²) in [4.78, 5) is 30.2. The Bertz CT molecular complexity index is 1390. The minimum Gasteiger partial charge on any atom is -0.462 e. The Hall–Kier alpha value is -3.97. The van der Waals surface area contributed by atoms with Crippen LogP contribution in [0.5, 0.6) is 11.5 Å². The van der Waals surface area contributed by atoms with Crippen molar-refractivity contribution in [1.29, 1.82) is 0 Å². The summed E-state index contributed by atoms with van der Waals surface area (Å²) in [5.74, 6) is 0.257. The number of carbonyl (C=O) groups excluding carboxylic acids is 2. The fourth-order valence-corrected chi connectivity index (χ4v) is 4.38. The molecule has 166 valence electrons. The van der Waals surface area contributed by atoms with Crippen LogP contribution < -0.4 is 9.54 Å². The fraction of sp³-hybridized carbons (Fsp3) is 0.115. The van der Waals surface area contributed by atoms with Crippen LogP contribution in [0.25, 0.3) is 10.2 Å². The maximum absolute atomic E-state index is 13.2. The van der Waals surface area contributed by atoms with E-state index in [4.69, 9.17) is 9.47 Å². The first kappa shape index (κ1) is 22.2. The van der Waals surface area contributed by atoms with Crippen LogP contribution in [0, 0.1) is 0 Å². The predicted molar refractivity (Wildman–Crippen MR) is 129 cm³/mol. The second-order valence-corrected chi connectivity index (χ2v) is 8.02. The SMILES string of the molecule is C=CCn1c(=NC(=O)c2ccccc2Oc2ccccc2)sc2cc(C(=O)OCC)ccc21. The van der Waals surface area contributed by atoms with Gasteiger partial charge in [0.25, 0.3) is 5.91 Å². The van der Waals surface area contributed by atoms with Gasteiger partial charge in [0.2, 0.25) is 0 Å². The molecule has 7 heteroatoms. The lowest BCUT2D eigenvalue weighted by Gasteiger charge is -2.08. The molecule has 0 radical (unpaired) electrons. The molecule has 1 aromatic heterocycles. The van der Waals surface area contributed by atoms with E-state index in [2.05, 4.69) is 11.6 Å². The van der Waals surface area contributed by atoms with E-state index in [1.54, 1.807) is 43.3 Å². The monoisotopic (exact) mass is 458 g/mol. The second-order valence-electron chi connectivity index (χ2n) is 7.02. The molecule has 3 aromatic carbocycles. The van der Waals surface area contributed by atoms with Crippen LogP contribution in [0.15, 0.2) is 90.4 Å². The molecular weight excluding hydrogens is 436 g/mol. The number of hydrogen-bond donors (Lipinski definition) is 0. The third-order valence-corrected chi connectivity index (χ3v) is 5.83. The van der Waals surface area contributed by atoms with Crippen molar-refractivity contribution >= 4 is 33.4 Å². The van der Waals surface area contributed by atoms with Crippen LogP contribution in [0.2, 0.25) is 0 Å². The number of hydrogen-bond acceptors (Lipinski definition) is 5. The van der Waals surface area contributed by atoms with E-state index in [1.165, 1.54) is 11.3 Å². The molecule has 0 saturated carbocycles. The van der Waals surface area contributed by atoms with Crippen molar-refractivity contribution in [3.05, 3.63) is 101 Å². The predicted octanol–water partition coefficient (Wildman–Crippen LogP) is 5.60. The first-order valence-electron chi connectivity index (χ1n) is 10.4. The molecule has 0 aliphatic carbocycles. The molecule has 0 aliphatic rings. The molecule has 4 aromatic rings. The second kappa shape index (κ2) is 10.1. The highest BCUT2D eigenvalue weighted by Gasteiger charge is 2.15. The van der Waals surface area contributed by atoms with Crippen molar-refractivity contribution in [3.63, 3.8) is 0 Å². The minimum absolute atomic E-state index is 0.303. The van der Waals surface area contributed by atoms with Gasteiger partial charge in [-0.2, -0.15) is 4.99 Å². The molecule has 1 heterocycles. The molecule has 0 aliphatic heterocycles. The Morgan fingerprint density at radius 3 is 2.58 bits per heavy atom. The van der Waals surface area contributed by atoms with Gasteiger partial charge in [0.05, 0.1) is 28.0 Å². The van der Waals surface area contributed by atoms with Gasteiger partial charge in [-0.25, -0.2) is 4.79 Å². The number of allylic oxidation sites excluding steroid dienone is 1. The van der Waals surface area contributed by atoms with Gasteiger partial charge in [-0.1, -0.05) is 47.7 Å². The molecule has 0 saturated heterocycles. The number of aromatic nitrogens is 1. The summed E-state index contributed by atoms with van der Waals surface area (Å²) in [6, 6.07) is 21.6. The number of rotatable bonds is 7. The summed E-state index contributed by atoms with van der Waals surface area (Å²) < 4.78 is 13.7. The average Bonchev–Trinajstić information content (AvgIpc) is 3.16. The van der Waals surface area contributed by atoms with Crippen LogP contribution in [0.3, 0.4) is 0 Å². The smallest absolute Gasteiger partial charge is 0.338 e. The Balaban J connectivity index is 1.75. The molecule has 0 fully saturated rings. The number of amides is 1. The molecule has 6 nitrogen and oxygen atoms in total. The summed E-state index contributed by atoms with van der Waals surface area (Å²) in [7, 11) is 0. The third-order valence-electron chi connectivity index (χ3n) is 4.79. The lowest BCUT2D eigenvalue weighted by atomic mass is 10.2. The van der Waals surface area contributed by atoms with E-state index >= 15 is 0 Å². The quantitative estimate of drug-likeness (QED) is 0.267. The Labute approximate surface area is 195 Å². The minimum atomic E-state index is -0.420. The highest BCUT2D eigenvalue weighted by molar-refractivity contribution is 7.16. The van der Waals surface area contributed by atoms with Crippen molar-refractivity contribution < 1.29 is 19.1 Å². The van der Waals surface area contributed by atoms with Crippen LogP contribution in [0.1, 0.15) is 27.6 Å². The van der Waals surface area contributed by atoms with Gasteiger partial charge in [-0.3, -0.25) is 4.79 Å². The molecule has 1 amide bonds. The summed E-state index contributed by atoms with van der Waals surface area (Å²) in [6.45, 7) is 6.35. The standard InChI is InChI=1S/C26H22N2O4S/c1-3-16-28-21-15-14-18(25(30)31-4-2)17-23(21)33-26(28)27-24(29)20-12-8-9-13-22(20)32-19-10-6-5-7-11-19/h3,5-15,17H,1,4,16H2,2H3. The van der Waals surface area contributed by atoms with E-state index in [9.17, 15) is 9.59 Å². The zero-order valence-corrected chi connectivity index (χ0v) is 18.9. The van der Waals surface area contributed by atoms with Crippen LogP contribution in [-0.4, -0.2) is 23.1 Å². The van der Waals surface area contributed by atoms with Crippen molar-refractivity contribution in [2.45, 2.75) is 13.5 Å². The number of para-hydroxylation sites is 2. The fourth-order valence-electron chi connectivity index (χ4n) is 3.30. The first-order valence-corrected chi connectivity index (χ1v) is 11.2. The summed E-state index contributed by atoms with van der Waals surface area (Å²) in [6.07, 6.45) is 1.74. The number of thiazole rings is 1. The van der Waals surface area contributed by atoms with Crippen LogP contribution in [0.4, 0.5) is 0 Å². The van der Waals surface area contributed by atoms with Gasteiger partial charge >= 0.3 is 5.97 Å². The lowest BCUT2D eigenvalue weighted by Crippen LogP contribution is -2.16. The van der Waals surface area contributed by atoms with Crippen molar-refractivity contribution in [3.8, 4) is 11.5 Å². The number of esters is 1. The van der Waals surface area contributed by atoms with Crippen LogP contribution >= 0.6 is 11.3 Å². The topological polar surface area (TPSA) is 69.9 Å². The average molecular weight is 459 g/mol. The number of carbonyl (C=O) groups is 2. The van der Waals surface area contributed by atoms with Gasteiger partial charge in [-0.15, -0.1) is 6.58 Å². The molecule has 4 rings (SSSR count).